The molecule has 5 aliphatic carbocycles. The van der Waals surface area contributed by atoms with Gasteiger partial charge in [-0.25, -0.2) is 0 Å². The van der Waals surface area contributed by atoms with E-state index in [0.717, 1.165) is 56.4 Å². The molecular weight excluding hydrogens is 476 g/mol. The number of Topliss-reactive ketones (excluding diaryl/α,β-unsaturated/α-hetero) is 1. The van der Waals surface area contributed by atoms with Crippen LogP contribution in [-0.4, -0.2) is 40.8 Å². The first-order valence-corrected chi connectivity index (χ1v) is 15.7. The minimum absolute atomic E-state index is 0.0497. The fourth-order valence-electron chi connectivity index (χ4n) is 10.2. The molecule has 1 heterocycles. The summed E-state index contributed by atoms with van der Waals surface area (Å²) < 4.78 is 13.4. The predicted octanol–water partition coefficient (Wildman–Crippen LogP) is 6.48. The largest absolute Gasteiger partial charge is 0.393 e. The van der Waals surface area contributed by atoms with Gasteiger partial charge in [0.2, 0.25) is 0 Å². The third-order valence-corrected chi connectivity index (χ3v) is 12.0. The SMILES string of the molecule is CCCC1O[C@@H]2C[C@H]3C4CCC5=CC(=O)C=C[C@]5(C)C4[C@@H](O)C[C@]3(C)[C@]2(C(=O)CCCC2CCCCC2)O1. The average molecular weight is 525 g/mol. The van der Waals surface area contributed by atoms with Crippen LogP contribution in [0.3, 0.4) is 0 Å². The minimum Gasteiger partial charge on any atom is -0.393 e. The quantitative estimate of drug-likeness (QED) is 0.413. The molecule has 0 spiro atoms. The number of ketones is 2. The Morgan fingerprint density at radius 1 is 1.13 bits per heavy atom. The normalized spacial score (nSPS) is 46.2. The van der Waals surface area contributed by atoms with Crippen LogP contribution in [-0.2, 0) is 19.1 Å². The number of hydrogen-bond donors (Lipinski definition) is 1. The van der Waals surface area contributed by atoms with Gasteiger partial charge in [-0.2, -0.15) is 0 Å². The van der Waals surface area contributed by atoms with Crippen molar-refractivity contribution in [2.75, 3.05) is 0 Å². The minimum atomic E-state index is -0.953. The van der Waals surface area contributed by atoms with E-state index >= 15 is 0 Å². The molecule has 1 N–H and O–H groups in total. The van der Waals surface area contributed by atoms with Gasteiger partial charge >= 0.3 is 0 Å². The summed E-state index contributed by atoms with van der Waals surface area (Å²) in [6.07, 6.45) is 18.7. The molecule has 210 valence electrons. The predicted molar refractivity (Wildman–Crippen MR) is 146 cm³/mol. The summed E-state index contributed by atoms with van der Waals surface area (Å²) >= 11 is 0. The van der Waals surface area contributed by atoms with Gasteiger partial charge in [0.25, 0.3) is 0 Å². The Balaban J connectivity index is 1.28. The number of hydrogen-bond acceptors (Lipinski definition) is 5. The van der Waals surface area contributed by atoms with Crippen LogP contribution in [0.25, 0.3) is 0 Å². The molecule has 0 aromatic carbocycles. The number of aliphatic hydroxyl groups excluding tert-OH is 1. The number of fused-ring (bicyclic) bond motifs is 7. The monoisotopic (exact) mass is 524 g/mol. The molecule has 3 unspecified atom stereocenters. The molecule has 1 saturated heterocycles. The second kappa shape index (κ2) is 9.96. The van der Waals surface area contributed by atoms with Gasteiger partial charge < -0.3 is 14.6 Å². The summed E-state index contributed by atoms with van der Waals surface area (Å²) in [5, 5.41) is 11.9. The van der Waals surface area contributed by atoms with Crippen molar-refractivity contribution in [1.29, 1.82) is 0 Å². The van der Waals surface area contributed by atoms with Gasteiger partial charge in [-0.1, -0.05) is 77.4 Å². The Labute approximate surface area is 228 Å². The van der Waals surface area contributed by atoms with Crippen LogP contribution >= 0.6 is 0 Å². The van der Waals surface area contributed by atoms with Gasteiger partial charge in [-0.15, -0.1) is 0 Å². The van der Waals surface area contributed by atoms with E-state index in [1.54, 1.807) is 12.2 Å². The van der Waals surface area contributed by atoms with Crippen LogP contribution in [0.1, 0.15) is 111 Å². The molecule has 6 rings (SSSR count). The van der Waals surface area contributed by atoms with Crippen molar-refractivity contribution in [3.63, 3.8) is 0 Å². The second-order valence-electron chi connectivity index (χ2n) is 14.0. The molecule has 0 bridgehead atoms. The highest BCUT2D eigenvalue weighted by molar-refractivity contribution is 6.01. The fourth-order valence-corrected chi connectivity index (χ4v) is 10.2. The zero-order valence-corrected chi connectivity index (χ0v) is 23.8. The molecule has 0 amide bonds. The molecular formula is C33H48O5. The first-order valence-electron chi connectivity index (χ1n) is 15.7. The summed E-state index contributed by atoms with van der Waals surface area (Å²) in [7, 11) is 0. The lowest BCUT2D eigenvalue weighted by atomic mass is 9.46. The lowest BCUT2D eigenvalue weighted by Crippen LogP contribution is -2.63. The Kier molecular flexibility index (Phi) is 7.05. The van der Waals surface area contributed by atoms with E-state index in [4.69, 9.17) is 9.47 Å². The first kappa shape index (κ1) is 26.9. The van der Waals surface area contributed by atoms with Gasteiger partial charge in [0, 0.05) is 23.2 Å². The highest BCUT2D eigenvalue weighted by Crippen LogP contribution is 2.70. The maximum absolute atomic E-state index is 14.3. The van der Waals surface area contributed by atoms with Crippen LogP contribution in [0.4, 0.5) is 0 Å². The maximum atomic E-state index is 14.3. The number of ether oxygens (including phenoxy) is 2. The van der Waals surface area contributed by atoms with Crippen LogP contribution in [0.2, 0.25) is 0 Å². The topological polar surface area (TPSA) is 72.8 Å². The van der Waals surface area contributed by atoms with Crippen molar-refractivity contribution >= 4 is 11.6 Å². The van der Waals surface area contributed by atoms with E-state index in [9.17, 15) is 14.7 Å². The molecule has 4 saturated carbocycles. The zero-order chi connectivity index (χ0) is 26.7. The first-order chi connectivity index (χ1) is 18.2. The van der Waals surface area contributed by atoms with E-state index in [1.807, 2.05) is 0 Å². The molecule has 0 aromatic heterocycles. The zero-order valence-electron chi connectivity index (χ0n) is 23.8. The summed E-state index contributed by atoms with van der Waals surface area (Å²) in [5.41, 5.74) is -0.547. The van der Waals surface area contributed by atoms with Gasteiger partial charge in [-0.3, -0.25) is 9.59 Å². The van der Waals surface area contributed by atoms with E-state index in [1.165, 1.54) is 32.1 Å². The molecule has 0 radical (unpaired) electrons. The molecule has 5 nitrogen and oxygen atoms in total. The Bertz CT molecular complexity index is 1010. The molecule has 5 fully saturated rings. The van der Waals surface area contributed by atoms with Crippen molar-refractivity contribution in [3.05, 3.63) is 23.8 Å². The third kappa shape index (κ3) is 3.96. The van der Waals surface area contributed by atoms with Crippen molar-refractivity contribution in [3.8, 4) is 0 Å². The lowest BCUT2D eigenvalue weighted by Gasteiger charge is -2.59. The summed E-state index contributed by atoms with van der Waals surface area (Å²) in [6, 6.07) is 0. The molecule has 5 heteroatoms. The second-order valence-corrected chi connectivity index (χ2v) is 14.0. The summed E-state index contributed by atoms with van der Waals surface area (Å²) in [6.45, 7) is 6.58. The molecule has 6 aliphatic rings. The molecule has 9 atom stereocenters. The number of allylic oxidation sites excluding steroid dienone is 4. The van der Waals surface area contributed by atoms with Crippen LogP contribution in [0.15, 0.2) is 23.8 Å². The van der Waals surface area contributed by atoms with Crippen molar-refractivity contribution in [1.82, 2.24) is 0 Å². The van der Waals surface area contributed by atoms with E-state index in [0.29, 0.717) is 12.8 Å². The lowest BCUT2D eigenvalue weighted by molar-refractivity contribution is -0.199. The number of rotatable bonds is 7. The van der Waals surface area contributed by atoms with Crippen molar-refractivity contribution in [2.45, 2.75) is 135 Å². The van der Waals surface area contributed by atoms with E-state index in [-0.39, 0.29) is 47.1 Å². The molecule has 38 heavy (non-hydrogen) atoms. The smallest absolute Gasteiger partial charge is 0.178 e. The van der Waals surface area contributed by atoms with E-state index < -0.39 is 17.1 Å². The number of aliphatic hydroxyl groups is 1. The molecule has 1 aliphatic heterocycles. The highest BCUT2D eigenvalue weighted by Gasteiger charge is 2.75. The van der Waals surface area contributed by atoms with Crippen molar-refractivity contribution < 1.29 is 24.2 Å². The van der Waals surface area contributed by atoms with Gasteiger partial charge in [-0.05, 0) is 68.4 Å². The fraction of sp³-hybridized carbons (Fsp3) is 0.818. The average Bonchev–Trinajstić information content (AvgIpc) is 3.37. The Hall–Kier alpha value is -1.30. The molecule has 0 aromatic rings. The Morgan fingerprint density at radius 3 is 2.68 bits per heavy atom. The summed E-state index contributed by atoms with van der Waals surface area (Å²) in [5.74, 6) is 1.63. The maximum Gasteiger partial charge on any atom is 0.178 e. The number of carbonyl (C=O) groups excluding carboxylic acids is 2. The summed E-state index contributed by atoms with van der Waals surface area (Å²) in [4.78, 5) is 26.5. The van der Waals surface area contributed by atoms with Gasteiger partial charge in [0.15, 0.2) is 23.5 Å². The van der Waals surface area contributed by atoms with Crippen LogP contribution < -0.4 is 0 Å². The van der Waals surface area contributed by atoms with Crippen LogP contribution in [0.5, 0.6) is 0 Å². The van der Waals surface area contributed by atoms with Gasteiger partial charge in [0.1, 0.15) is 0 Å². The number of carbonyl (C=O) groups is 2. The van der Waals surface area contributed by atoms with Crippen LogP contribution in [0, 0.1) is 34.5 Å². The van der Waals surface area contributed by atoms with E-state index in [2.05, 4.69) is 26.8 Å². The Morgan fingerprint density at radius 2 is 1.92 bits per heavy atom. The van der Waals surface area contributed by atoms with Crippen molar-refractivity contribution in [2.24, 2.45) is 34.5 Å². The standard InChI is InChI=1S/C33H48O5/c1-4-9-29-37-28-19-25-24-15-14-22-18-23(34)16-17-31(22,2)30(24)26(35)20-32(25,3)33(28,38-29)27(36)13-8-12-21-10-6-5-7-11-21/h16-18,21,24-26,28-30,35H,4-15,19-20H2,1-3H3/t24?,25-,26-,28+,29?,30?,31-,32-,33+/m0/s1. The highest BCUT2D eigenvalue weighted by atomic mass is 16.7. The van der Waals surface area contributed by atoms with Gasteiger partial charge in [0.05, 0.1) is 12.2 Å². The third-order valence-electron chi connectivity index (χ3n) is 12.0.